The SMILES string of the molecule is O=C(O)C1=C(C(=O)O)CNC1. The molecule has 1 aliphatic rings. The first-order valence-corrected chi connectivity index (χ1v) is 3.02. The number of hydrogen-bond donors (Lipinski definition) is 3. The first-order chi connectivity index (χ1) is 5.13. The number of hydrogen-bond acceptors (Lipinski definition) is 3. The lowest BCUT2D eigenvalue weighted by Gasteiger charge is -1.93. The van der Waals surface area contributed by atoms with Crippen LogP contribution in [0.2, 0.25) is 0 Å². The molecule has 0 aromatic carbocycles. The Hall–Kier alpha value is -1.36. The van der Waals surface area contributed by atoms with E-state index in [0.717, 1.165) is 0 Å². The molecular weight excluding hydrogens is 150 g/mol. The highest BCUT2D eigenvalue weighted by molar-refractivity contribution is 6.00. The Bertz CT molecular complexity index is 219. The minimum atomic E-state index is -1.16. The monoisotopic (exact) mass is 157 g/mol. The molecule has 0 unspecified atom stereocenters. The van der Waals surface area contributed by atoms with Crippen molar-refractivity contribution in [2.24, 2.45) is 0 Å². The molecule has 0 saturated heterocycles. The van der Waals surface area contributed by atoms with Crippen LogP contribution in [0.4, 0.5) is 0 Å². The Balaban J connectivity index is 2.95. The second kappa shape index (κ2) is 2.71. The molecule has 0 aliphatic carbocycles. The van der Waals surface area contributed by atoms with E-state index in [1.54, 1.807) is 0 Å². The highest BCUT2D eigenvalue weighted by Gasteiger charge is 2.24. The van der Waals surface area contributed by atoms with Crippen LogP contribution in [0.15, 0.2) is 11.1 Å². The molecule has 0 atom stereocenters. The van der Waals surface area contributed by atoms with Crippen molar-refractivity contribution >= 4 is 11.9 Å². The van der Waals surface area contributed by atoms with Crippen molar-refractivity contribution in [1.29, 1.82) is 0 Å². The van der Waals surface area contributed by atoms with Crippen LogP contribution < -0.4 is 5.32 Å². The topological polar surface area (TPSA) is 86.6 Å². The van der Waals surface area contributed by atoms with Crippen molar-refractivity contribution in [2.45, 2.75) is 0 Å². The van der Waals surface area contributed by atoms with E-state index in [-0.39, 0.29) is 24.2 Å². The van der Waals surface area contributed by atoms with Gasteiger partial charge >= 0.3 is 11.9 Å². The fourth-order valence-electron chi connectivity index (χ4n) is 0.935. The van der Waals surface area contributed by atoms with Crippen LogP contribution >= 0.6 is 0 Å². The summed E-state index contributed by atoms with van der Waals surface area (Å²) >= 11 is 0. The number of carbonyl (C=O) groups is 2. The fourth-order valence-corrected chi connectivity index (χ4v) is 0.935. The zero-order valence-electron chi connectivity index (χ0n) is 5.63. The molecule has 0 spiro atoms. The van der Waals surface area contributed by atoms with Crippen LogP contribution in [-0.4, -0.2) is 35.2 Å². The quantitative estimate of drug-likeness (QED) is 0.481. The van der Waals surface area contributed by atoms with Crippen molar-refractivity contribution in [3.63, 3.8) is 0 Å². The molecule has 60 valence electrons. The van der Waals surface area contributed by atoms with Crippen molar-refractivity contribution in [2.75, 3.05) is 13.1 Å². The van der Waals surface area contributed by atoms with Gasteiger partial charge in [-0.1, -0.05) is 0 Å². The average molecular weight is 157 g/mol. The molecular formula is C6H7NO4. The largest absolute Gasteiger partial charge is 0.478 e. The van der Waals surface area contributed by atoms with Gasteiger partial charge in [0.1, 0.15) is 0 Å². The lowest BCUT2D eigenvalue weighted by Crippen LogP contribution is -2.12. The van der Waals surface area contributed by atoms with Gasteiger partial charge in [-0.25, -0.2) is 9.59 Å². The number of nitrogens with one attached hydrogen (secondary N) is 1. The Morgan fingerprint density at radius 3 is 1.73 bits per heavy atom. The summed E-state index contributed by atoms with van der Waals surface area (Å²) in [6.45, 7) is 0.272. The average Bonchev–Trinajstić information content (AvgIpc) is 2.32. The number of carboxylic acid groups (broad SMARTS) is 2. The van der Waals surface area contributed by atoms with E-state index in [2.05, 4.69) is 5.32 Å². The molecule has 1 rings (SSSR count). The van der Waals surface area contributed by atoms with Crippen molar-refractivity contribution in [3.8, 4) is 0 Å². The Labute approximate surface area is 62.3 Å². The number of aliphatic carboxylic acids is 2. The predicted octanol–water partition coefficient (Wildman–Crippen LogP) is -0.945. The summed E-state index contributed by atoms with van der Waals surface area (Å²) in [5.74, 6) is -2.32. The second-order valence-corrected chi connectivity index (χ2v) is 2.17. The zero-order valence-corrected chi connectivity index (χ0v) is 5.63. The molecule has 3 N–H and O–H groups in total. The summed E-state index contributed by atoms with van der Waals surface area (Å²) in [5, 5.41) is 19.6. The van der Waals surface area contributed by atoms with Crippen LogP contribution in [0.25, 0.3) is 0 Å². The summed E-state index contributed by atoms with van der Waals surface area (Å²) in [6.07, 6.45) is 0. The van der Waals surface area contributed by atoms with Gasteiger partial charge in [-0.15, -0.1) is 0 Å². The van der Waals surface area contributed by atoms with Gasteiger partial charge in [0, 0.05) is 13.1 Å². The second-order valence-electron chi connectivity index (χ2n) is 2.17. The standard InChI is InChI=1S/C6H7NO4/c8-5(9)3-1-7-2-4(3)6(10)11/h7H,1-2H2,(H,8,9)(H,10,11). The van der Waals surface area contributed by atoms with Crippen LogP contribution in [0.5, 0.6) is 0 Å². The molecule has 5 nitrogen and oxygen atoms in total. The summed E-state index contributed by atoms with van der Waals surface area (Å²) in [6, 6.07) is 0. The summed E-state index contributed by atoms with van der Waals surface area (Å²) < 4.78 is 0. The minimum absolute atomic E-state index is 0.0440. The van der Waals surface area contributed by atoms with Crippen molar-refractivity contribution < 1.29 is 19.8 Å². The molecule has 0 aromatic rings. The van der Waals surface area contributed by atoms with E-state index in [1.165, 1.54) is 0 Å². The van der Waals surface area contributed by atoms with Crippen LogP contribution in [-0.2, 0) is 9.59 Å². The van der Waals surface area contributed by atoms with Crippen molar-refractivity contribution in [3.05, 3.63) is 11.1 Å². The van der Waals surface area contributed by atoms with Crippen LogP contribution in [0.1, 0.15) is 0 Å². The lowest BCUT2D eigenvalue weighted by atomic mass is 10.1. The van der Waals surface area contributed by atoms with Gasteiger partial charge in [0.15, 0.2) is 0 Å². The number of carboxylic acids is 2. The predicted molar refractivity (Wildman–Crippen MR) is 35.2 cm³/mol. The molecule has 1 aliphatic heterocycles. The van der Waals surface area contributed by atoms with E-state index in [4.69, 9.17) is 10.2 Å². The molecule has 0 saturated carbocycles. The normalized spacial score (nSPS) is 17.1. The molecule has 5 heteroatoms. The van der Waals surface area contributed by atoms with Crippen LogP contribution in [0, 0.1) is 0 Å². The summed E-state index contributed by atoms with van der Waals surface area (Å²) in [7, 11) is 0. The molecule has 11 heavy (non-hydrogen) atoms. The fraction of sp³-hybridized carbons (Fsp3) is 0.333. The maximum atomic E-state index is 10.4. The molecule has 0 aromatic heterocycles. The Kier molecular flexibility index (Phi) is 1.91. The van der Waals surface area contributed by atoms with Gasteiger partial charge in [-0.05, 0) is 0 Å². The molecule has 0 radical (unpaired) electrons. The maximum Gasteiger partial charge on any atom is 0.333 e. The third kappa shape index (κ3) is 1.38. The molecule has 0 bridgehead atoms. The van der Waals surface area contributed by atoms with Gasteiger partial charge in [0.25, 0.3) is 0 Å². The van der Waals surface area contributed by atoms with Gasteiger partial charge in [0.05, 0.1) is 11.1 Å². The van der Waals surface area contributed by atoms with Gasteiger partial charge < -0.3 is 15.5 Å². The van der Waals surface area contributed by atoms with E-state index < -0.39 is 11.9 Å². The van der Waals surface area contributed by atoms with E-state index >= 15 is 0 Å². The van der Waals surface area contributed by atoms with Gasteiger partial charge in [-0.3, -0.25) is 0 Å². The molecule has 0 amide bonds. The highest BCUT2D eigenvalue weighted by Crippen LogP contribution is 2.09. The van der Waals surface area contributed by atoms with Gasteiger partial charge in [0.2, 0.25) is 0 Å². The first-order valence-electron chi connectivity index (χ1n) is 3.02. The molecule has 1 heterocycles. The maximum absolute atomic E-state index is 10.4. The first kappa shape index (κ1) is 7.74. The highest BCUT2D eigenvalue weighted by atomic mass is 16.4. The van der Waals surface area contributed by atoms with Gasteiger partial charge in [-0.2, -0.15) is 0 Å². The van der Waals surface area contributed by atoms with E-state index in [0.29, 0.717) is 0 Å². The Morgan fingerprint density at radius 1 is 1.09 bits per heavy atom. The lowest BCUT2D eigenvalue weighted by molar-refractivity contribution is -0.135. The zero-order chi connectivity index (χ0) is 8.43. The third-order valence-corrected chi connectivity index (χ3v) is 1.48. The van der Waals surface area contributed by atoms with Crippen LogP contribution in [0.3, 0.4) is 0 Å². The number of rotatable bonds is 2. The van der Waals surface area contributed by atoms with E-state index in [9.17, 15) is 9.59 Å². The van der Waals surface area contributed by atoms with E-state index in [1.807, 2.05) is 0 Å². The smallest absolute Gasteiger partial charge is 0.333 e. The minimum Gasteiger partial charge on any atom is -0.478 e. The summed E-state index contributed by atoms with van der Waals surface area (Å²) in [4.78, 5) is 20.7. The summed E-state index contributed by atoms with van der Waals surface area (Å²) in [5.41, 5.74) is -0.0880. The molecule has 0 fully saturated rings. The van der Waals surface area contributed by atoms with Crippen molar-refractivity contribution in [1.82, 2.24) is 5.32 Å². The Morgan fingerprint density at radius 2 is 1.45 bits per heavy atom. The third-order valence-electron chi connectivity index (χ3n) is 1.48.